The Morgan fingerprint density at radius 1 is 1.45 bits per heavy atom. The van der Waals surface area contributed by atoms with Crippen molar-refractivity contribution in [1.29, 1.82) is 0 Å². The van der Waals surface area contributed by atoms with Gasteiger partial charge in [-0.2, -0.15) is 0 Å². The van der Waals surface area contributed by atoms with Crippen LogP contribution >= 0.6 is 0 Å². The second-order valence-corrected chi connectivity index (χ2v) is 6.70. The molecule has 4 nitrogen and oxygen atoms in total. The number of anilines is 1. The highest BCUT2D eigenvalue weighted by atomic mass is 15.2. The lowest BCUT2D eigenvalue weighted by atomic mass is 9.90. The fourth-order valence-corrected chi connectivity index (χ4v) is 2.67. The smallest absolute Gasteiger partial charge is 0.128 e. The molecule has 1 aliphatic heterocycles. The van der Waals surface area contributed by atoms with E-state index in [9.17, 15) is 0 Å². The molecule has 0 bridgehead atoms. The number of pyridine rings is 1. The van der Waals surface area contributed by atoms with Crippen LogP contribution in [-0.4, -0.2) is 42.6 Å². The summed E-state index contributed by atoms with van der Waals surface area (Å²) in [7, 11) is 2.08. The molecule has 1 aromatic heterocycles. The van der Waals surface area contributed by atoms with Gasteiger partial charge in [0.15, 0.2) is 0 Å². The quantitative estimate of drug-likeness (QED) is 0.894. The summed E-state index contributed by atoms with van der Waals surface area (Å²) in [5, 5.41) is 0. The van der Waals surface area contributed by atoms with E-state index in [1.807, 2.05) is 6.20 Å². The van der Waals surface area contributed by atoms with E-state index in [1.54, 1.807) is 0 Å². The molecule has 112 valence electrons. The van der Waals surface area contributed by atoms with Gasteiger partial charge in [-0.05, 0) is 50.4 Å². The molecule has 2 heterocycles. The average Bonchev–Trinajstić information content (AvgIpc) is 2.81. The van der Waals surface area contributed by atoms with Crippen molar-refractivity contribution < 1.29 is 0 Å². The topological polar surface area (TPSA) is 45.4 Å². The van der Waals surface area contributed by atoms with Crippen LogP contribution in [-0.2, 0) is 6.54 Å². The fourth-order valence-electron chi connectivity index (χ4n) is 2.67. The number of hydrogen-bond acceptors (Lipinski definition) is 4. The number of nitrogens with zero attached hydrogens (tertiary/aromatic N) is 3. The molecule has 0 saturated carbocycles. The standard InChI is InChI=1S/C16H28N4/c1-13(2)19(4)15-6-5-14(9-18-15)10-20-8-7-16(3,11-17)12-20/h5-6,9,13H,7-8,10-12,17H2,1-4H3. The maximum atomic E-state index is 5.86. The zero-order valence-corrected chi connectivity index (χ0v) is 13.3. The SMILES string of the molecule is CC(C)N(C)c1ccc(CN2CCC(C)(CN)C2)cn1. The second kappa shape index (κ2) is 6.10. The molecular weight excluding hydrogens is 248 g/mol. The first-order valence-corrected chi connectivity index (χ1v) is 7.54. The molecule has 0 aliphatic carbocycles. The van der Waals surface area contributed by atoms with Crippen LogP contribution in [0, 0.1) is 5.41 Å². The van der Waals surface area contributed by atoms with Crippen molar-refractivity contribution in [2.24, 2.45) is 11.1 Å². The monoisotopic (exact) mass is 276 g/mol. The molecule has 1 unspecified atom stereocenters. The zero-order chi connectivity index (χ0) is 14.8. The lowest BCUT2D eigenvalue weighted by molar-refractivity contribution is 0.274. The first kappa shape index (κ1) is 15.3. The lowest BCUT2D eigenvalue weighted by Gasteiger charge is -2.24. The van der Waals surface area contributed by atoms with Crippen LogP contribution in [0.25, 0.3) is 0 Å². The van der Waals surface area contributed by atoms with Gasteiger partial charge in [-0.15, -0.1) is 0 Å². The molecule has 0 amide bonds. The Morgan fingerprint density at radius 3 is 2.70 bits per heavy atom. The van der Waals surface area contributed by atoms with Gasteiger partial charge >= 0.3 is 0 Å². The van der Waals surface area contributed by atoms with E-state index >= 15 is 0 Å². The summed E-state index contributed by atoms with van der Waals surface area (Å²) in [6.45, 7) is 10.6. The Bertz CT molecular complexity index is 429. The van der Waals surface area contributed by atoms with E-state index in [0.717, 1.165) is 32.0 Å². The summed E-state index contributed by atoms with van der Waals surface area (Å²) in [5.74, 6) is 1.04. The van der Waals surface area contributed by atoms with Gasteiger partial charge in [0.1, 0.15) is 5.82 Å². The molecule has 2 N–H and O–H groups in total. The third-order valence-corrected chi connectivity index (χ3v) is 4.48. The summed E-state index contributed by atoms with van der Waals surface area (Å²) in [4.78, 5) is 9.24. The van der Waals surface area contributed by atoms with Gasteiger partial charge in [0, 0.05) is 32.4 Å². The van der Waals surface area contributed by atoms with E-state index in [1.165, 1.54) is 12.0 Å². The van der Waals surface area contributed by atoms with E-state index < -0.39 is 0 Å². The van der Waals surface area contributed by atoms with Crippen molar-refractivity contribution in [3.8, 4) is 0 Å². The van der Waals surface area contributed by atoms with Crippen LogP contribution in [0.4, 0.5) is 5.82 Å². The predicted octanol–water partition coefficient (Wildman–Crippen LogP) is 2.10. The molecule has 0 radical (unpaired) electrons. The first-order valence-electron chi connectivity index (χ1n) is 7.54. The molecule has 1 aliphatic rings. The van der Waals surface area contributed by atoms with Gasteiger partial charge in [-0.1, -0.05) is 13.0 Å². The van der Waals surface area contributed by atoms with E-state index in [-0.39, 0.29) is 0 Å². The summed E-state index contributed by atoms with van der Waals surface area (Å²) in [6, 6.07) is 4.78. The number of likely N-dealkylation sites (tertiary alicyclic amines) is 1. The first-order chi connectivity index (χ1) is 9.43. The minimum Gasteiger partial charge on any atom is -0.357 e. The Hall–Kier alpha value is -1.13. The van der Waals surface area contributed by atoms with Gasteiger partial charge in [0.25, 0.3) is 0 Å². The average molecular weight is 276 g/mol. The van der Waals surface area contributed by atoms with Gasteiger partial charge < -0.3 is 10.6 Å². The highest BCUT2D eigenvalue weighted by Crippen LogP contribution is 2.29. The molecule has 1 saturated heterocycles. The highest BCUT2D eigenvalue weighted by Gasteiger charge is 2.32. The normalized spacial score (nSPS) is 23.5. The Kier molecular flexibility index (Phi) is 4.66. The number of nitrogens with two attached hydrogens (primary N) is 1. The number of rotatable bonds is 5. The van der Waals surface area contributed by atoms with Gasteiger partial charge in [-0.25, -0.2) is 4.98 Å². The molecule has 1 aromatic rings. The second-order valence-electron chi connectivity index (χ2n) is 6.70. The van der Waals surface area contributed by atoms with Gasteiger partial charge in [0.2, 0.25) is 0 Å². The van der Waals surface area contributed by atoms with Crippen LogP contribution in [0.2, 0.25) is 0 Å². The van der Waals surface area contributed by atoms with E-state index in [2.05, 4.69) is 54.7 Å². The third-order valence-electron chi connectivity index (χ3n) is 4.48. The molecule has 0 aromatic carbocycles. The fraction of sp³-hybridized carbons (Fsp3) is 0.688. The maximum Gasteiger partial charge on any atom is 0.128 e. The van der Waals surface area contributed by atoms with Crippen LogP contribution in [0.5, 0.6) is 0 Å². The summed E-state index contributed by atoms with van der Waals surface area (Å²) in [6.07, 6.45) is 3.21. The third kappa shape index (κ3) is 3.49. The number of aromatic nitrogens is 1. The minimum absolute atomic E-state index is 0.297. The number of hydrogen-bond donors (Lipinski definition) is 1. The largest absolute Gasteiger partial charge is 0.357 e. The van der Waals surface area contributed by atoms with Gasteiger partial charge in [0.05, 0.1) is 0 Å². The molecule has 0 spiro atoms. The van der Waals surface area contributed by atoms with Crippen LogP contribution in [0.3, 0.4) is 0 Å². The van der Waals surface area contributed by atoms with Crippen molar-refractivity contribution in [3.63, 3.8) is 0 Å². The maximum absolute atomic E-state index is 5.86. The van der Waals surface area contributed by atoms with Crippen molar-refractivity contribution in [2.45, 2.75) is 39.8 Å². The molecule has 1 fully saturated rings. The van der Waals surface area contributed by atoms with Crippen molar-refractivity contribution in [1.82, 2.24) is 9.88 Å². The predicted molar refractivity (Wildman–Crippen MR) is 84.8 cm³/mol. The van der Waals surface area contributed by atoms with Crippen LogP contribution < -0.4 is 10.6 Å². The van der Waals surface area contributed by atoms with Crippen LogP contribution in [0.1, 0.15) is 32.8 Å². The van der Waals surface area contributed by atoms with Crippen molar-refractivity contribution in [2.75, 3.05) is 31.6 Å². The van der Waals surface area contributed by atoms with Gasteiger partial charge in [-0.3, -0.25) is 4.90 Å². The molecule has 1 atom stereocenters. The van der Waals surface area contributed by atoms with Crippen molar-refractivity contribution >= 4 is 5.82 Å². The van der Waals surface area contributed by atoms with Crippen LogP contribution in [0.15, 0.2) is 18.3 Å². The lowest BCUT2D eigenvalue weighted by Crippen LogP contribution is -2.31. The van der Waals surface area contributed by atoms with Crippen molar-refractivity contribution in [3.05, 3.63) is 23.9 Å². The Morgan fingerprint density at radius 2 is 2.20 bits per heavy atom. The highest BCUT2D eigenvalue weighted by molar-refractivity contribution is 5.39. The summed E-state index contributed by atoms with van der Waals surface area (Å²) in [5.41, 5.74) is 7.44. The van der Waals surface area contributed by atoms with E-state index in [0.29, 0.717) is 11.5 Å². The zero-order valence-electron chi connectivity index (χ0n) is 13.3. The molecule has 4 heteroatoms. The molecule has 20 heavy (non-hydrogen) atoms. The summed E-state index contributed by atoms with van der Waals surface area (Å²) >= 11 is 0. The molecule has 2 rings (SSSR count). The Balaban J connectivity index is 1.95. The van der Waals surface area contributed by atoms with E-state index in [4.69, 9.17) is 5.73 Å². The minimum atomic E-state index is 0.297. The molecular formula is C16H28N4. The Labute approximate surface area is 123 Å². The summed E-state index contributed by atoms with van der Waals surface area (Å²) < 4.78 is 0.